The van der Waals surface area contributed by atoms with Crippen molar-refractivity contribution in [3.05, 3.63) is 35.9 Å². The first-order valence-electron chi connectivity index (χ1n) is 8.52. The van der Waals surface area contributed by atoms with E-state index in [-0.39, 0.29) is 36.7 Å². The summed E-state index contributed by atoms with van der Waals surface area (Å²) >= 11 is 0. The van der Waals surface area contributed by atoms with Crippen LogP contribution in [0.1, 0.15) is 18.4 Å². The summed E-state index contributed by atoms with van der Waals surface area (Å²) in [4.78, 5) is 25.8. The molecule has 2 heterocycles. The van der Waals surface area contributed by atoms with E-state index < -0.39 is 0 Å². The third-order valence-electron chi connectivity index (χ3n) is 4.90. The second kappa shape index (κ2) is 9.04. The van der Waals surface area contributed by atoms with E-state index in [1.165, 1.54) is 5.56 Å². The van der Waals surface area contributed by atoms with E-state index in [0.717, 1.165) is 45.4 Å². The fourth-order valence-electron chi connectivity index (χ4n) is 3.23. The van der Waals surface area contributed by atoms with Gasteiger partial charge in [0.1, 0.15) is 0 Å². The number of carbonyl (C=O) groups excluding carboxylic acids is 2. The van der Waals surface area contributed by atoms with Gasteiger partial charge in [-0.1, -0.05) is 30.3 Å². The van der Waals surface area contributed by atoms with Gasteiger partial charge in [0.25, 0.3) is 0 Å². The van der Waals surface area contributed by atoms with Crippen molar-refractivity contribution in [2.24, 2.45) is 11.8 Å². The maximum Gasteiger partial charge on any atom is 0.241 e. The summed E-state index contributed by atoms with van der Waals surface area (Å²) in [5.74, 6) is 0.733. The minimum absolute atomic E-state index is 0. The smallest absolute Gasteiger partial charge is 0.241 e. The Morgan fingerprint density at radius 3 is 2.38 bits per heavy atom. The van der Waals surface area contributed by atoms with Gasteiger partial charge >= 0.3 is 0 Å². The second-order valence-corrected chi connectivity index (χ2v) is 6.59. The Labute approximate surface area is 149 Å². The Kier molecular flexibility index (Phi) is 7.06. The molecular formula is C18H26ClN3O2. The molecule has 0 unspecified atom stereocenters. The maximum atomic E-state index is 12.2. The summed E-state index contributed by atoms with van der Waals surface area (Å²) < 4.78 is 0. The lowest BCUT2D eigenvalue weighted by atomic mass is 9.90. The molecule has 0 atom stereocenters. The number of nitrogens with one attached hydrogen (secondary N) is 2. The molecule has 2 N–H and O–H groups in total. The highest BCUT2D eigenvalue weighted by atomic mass is 35.5. The van der Waals surface area contributed by atoms with Gasteiger partial charge in [0.15, 0.2) is 0 Å². The van der Waals surface area contributed by atoms with Crippen LogP contribution in [-0.4, -0.2) is 49.4 Å². The van der Waals surface area contributed by atoms with Gasteiger partial charge in [-0.3, -0.25) is 9.59 Å². The van der Waals surface area contributed by atoms with Crippen LogP contribution in [0.5, 0.6) is 0 Å². The number of piperidine rings is 1. The number of rotatable bonds is 5. The van der Waals surface area contributed by atoms with E-state index in [1.807, 2.05) is 11.0 Å². The van der Waals surface area contributed by atoms with Gasteiger partial charge in [0.2, 0.25) is 11.8 Å². The normalized spacial score (nSPS) is 18.4. The molecule has 132 valence electrons. The van der Waals surface area contributed by atoms with E-state index in [4.69, 9.17) is 0 Å². The minimum Gasteiger partial charge on any atom is -0.347 e. The quantitative estimate of drug-likeness (QED) is 0.838. The predicted octanol–water partition coefficient (Wildman–Crippen LogP) is 1.23. The lowest BCUT2D eigenvalue weighted by Gasteiger charge is -2.32. The molecule has 2 fully saturated rings. The molecule has 2 aliphatic rings. The molecule has 24 heavy (non-hydrogen) atoms. The zero-order valence-corrected chi connectivity index (χ0v) is 14.7. The van der Waals surface area contributed by atoms with Crippen LogP contribution in [0.25, 0.3) is 0 Å². The van der Waals surface area contributed by atoms with Crippen LogP contribution in [0.2, 0.25) is 0 Å². The van der Waals surface area contributed by atoms with E-state index in [0.29, 0.717) is 5.92 Å². The summed E-state index contributed by atoms with van der Waals surface area (Å²) in [7, 11) is 0. The molecule has 0 radical (unpaired) electrons. The van der Waals surface area contributed by atoms with Crippen molar-refractivity contribution in [2.75, 3.05) is 32.7 Å². The highest BCUT2D eigenvalue weighted by molar-refractivity contribution is 5.86. The van der Waals surface area contributed by atoms with Crippen molar-refractivity contribution in [3.63, 3.8) is 0 Å². The SMILES string of the molecule is Cl.O=C(NCC(=O)N1CCC(Cc2ccccc2)CC1)C1CNC1. The highest BCUT2D eigenvalue weighted by Gasteiger charge is 2.27. The van der Waals surface area contributed by atoms with Crippen LogP contribution in [0, 0.1) is 11.8 Å². The zero-order valence-electron chi connectivity index (χ0n) is 13.9. The number of nitrogens with zero attached hydrogens (tertiary/aromatic N) is 1. The summed E-state index contributed by atoms with van der Waals surface area (Å²) in [5.41, 5.74) is 1.37. The van der Waals surface area contributed by atoms with E-state index >= 15 is 0 Å². The topological polar surface area (TPSA) is 61.4 Å². The number of amides is 2. The molecule has 3 rings (SSSR count). The van der Waals surface area contributed by atoms with Gasteiger partial charge in [-0.25, -0.2) is 0 Å². The summed E-state index contributed by atoms with van der Waals surface area (Å²) in [6, 6.07) is 10.5. The summed E-state index contributed by atoms with van der Waals surface area (Å²) in [6.07, 6.45) is 3.18. The van der Waals surface area contributed by atoms with Gasteiger partial charge in [0, 0.05) is 26.2 Å². The van der Waals surface area contributed by atoms with E-state index in [9.17, 15) is 9.59 Å². The number of hydrogen-bond donors (Lipinski definition) is 2. The second-order valence-electron chi connectivity index (χ2n) is 6.59. The monoisotopic (exact) mass is 351 g/mol. The Balaban J connectivity index is 0.00000208. The van der Waals surface area contributed by atoms with Crippen LogP contribution in [0.3, 0.4) is 0 Å². The van der Waals surface area contributed by atoms with Crippen LogP contribution in [-0.2, 0) is 16.0 Å². The number of benzene rings is 1. The number of hydrogen-bond acceptors (Lipinski definition) is 3. The molecule has 0 saturated carbocycles. The molecule has 2 saturated heterocycles. The molecule has 1 aromatic carbocycles. The molecule has 2 amide bonds. The Morgan fingerprint density at radius 1 is 1.12 bits per heavy atom. The lowest BCUT2D eigenvalue weighted by Crippen LogP contribution is -2.52. The molecule has 0 spiro atoms. The summed E-state index contributed by atoms with van der Waals surface area (Å²) in [5, 5.41) is 5.82. The number of halogens is 1. The van der Waals surface area contributed by atoms with Gasteiger partial charge < -0.3 is 15.5 Å². The van der Waals surface area contributed by atoms with Crippen molar-refractivity contribution in [3.8, 4) is 0 Å². The predicted molar refractivity (Wildman–Crippen MR) is 96.1 cm³/mol. The number of likely N-dealkylation sites (tertiary alicyclic amines) is 1. The first-order chi connectivity index (χ1) is 11.2. The van der Waals surface area contributed by atoms with Crippen molar-refractivity contribution < 1.29 is 9.59 Å². The standard InChI is InChI=1S/C18H25N3O2.ClH/c22-17(13-20-18(23)16-11-19-12-16)21-8-6-15(7-9-21)10-14-4-2-1-3-5-14;/h1-5,15-16,19H,6-13H2,(H,20,23);1H. The molecule has 0 aromatic heterocycles. The first-order valence-corrected chi connectivity index (χ1v) is 8.52. The van der Waals surface area contributed by atoms with Crippen molar-refractivity contribution >= 4 is 24.2 Å². The van der Waals surface area contributed by atoms with Gasteiger partial charge in [-0.2, -0.15) is 0 Å². The molecule has 5 nitrogen and oxygen atoms in total. The molecule has 0 bridgehead atoms. The summed E-state index contributed by atoms with van der Waals surface area (Å²) in [6.45, 7) is 3.20. The van der Waals surface area contributed by atoms with Crippen molar-refractivity contribution in [1.29, 1.82) is 0 Å². The van der Waals surface area contributed by atoms with E-state index in [1.54, 1.807) is 0 Å². The zero-order chi connectivity index (χ0) is 16.1. The third kappa shape index (κ3) is 4.95. The molecule has 6 heteroatoms. The molecule has 1 aromatic rings. The molecular weight excluding hydrogens is 326 g/mol. The highest BCUT2D eigenvalue weighted by Crippen LogP contribution is 2.21. The lowest BCUT2D eigenvalue weighted by molar-refractivity contribution is -0.135. The average Bonchev–Trinajstić information content (AvgIpc) is 2.53. The Morgan fingerprint density at radius 2 is 1.79 bits per heavy atom. The fraction of sp³-hybridized carbons (Fsp3) is 0.556. The van der Waals surface area contributed by atoms with Crippen LogP contribution < -0.4 is 10.6 Å². The van der Waals surface area contributed by atoms with Crippen LogP contribution in [0.15, 0.2) is 30.3 Å². The Hall–Kier alpha value is -1.59. The molecule has 2 aliphatic heterocycles. The van der Waals surface area contributed by atoms with Crippen molar-refractivity contribution in [2.45, 2.75) is 19.3 Å². The fourth-order valence-corrected chi connectivity index (χ4v) is 3.23. The average molecular weight is 352 g/mol. The Bertz CT molecular complexity index is 540. The maximum absolute atomic E-state index is 12.2. The van der Waals surface area contributed by atoms with E-state index in [2.05, 4.69) is 34.9 Å². The first kappa shape index (κ1) is 18.7. The third-order valence-corrected chi connectivity index (χ3v) is 4.90. The molecule has 0 aliphatic carbocycles. The van der Waals surface area contributed by atoms with Gasteiger partial charge in [-0.05, 0) is 30.7 Å². The minimum atomic E-state index is -0.00364. The van der Waals surface area contributed by atoms with Gasteiger partial charge in [-0.15, -0.1) is 12.4 Å². The van der Waals surface area contributed by atoms with Gasteiger partial charge in [0.05, 0.1) is 12.5 Å². The van der Waals surface area contributed by atoms with Crippen LogP contribution in [0.4, 0.5) is 0 Å². The van der Waals surface area contributed by atoms with Crippen LogP contribution >= 0.6 is 12.4 Å². The van der Waals surface area contributed by atoms with Crippen molar-refractivity contribution in [1.82, 2.24) is 15.5 Å². The number of carbonyl (C=O) groups is 2. The largest absolute Gasteiger partial charge is 0.347 e.